The Morgan fingerprint density at radius 2 is 1.92 bits per heavy atom. The second-order valence-electron chi connectivity index (χ2n) is 5.60. The topological polar surface area (TPSA) is 81.5 Å². The van der Waals surface area contributed by atoms with Crippen molar-refractivity contribution in [3.05, 3.63) is 62.6 Å². The molecule has 0 radical (unpaired) electrons. The molecule has 0 atom stereocenters. The van der Waals surface area contributed by atoms with E-state index in [2.05, 4.69) is 21.2 Å². The maximum atomic E-state index is 12.5. The highest BCUT2D eigenvalue weighted by atomic mass is 79.9. The van der Waals surface area contributed by atoms with Gasteiger partial charge in [-0.05, 0) is 36.2 Å². The van der Waals surface area contributed by atoms with Crippen LogP contribution in [0.15, 0.2) is 46.9 Å². The quantitative estimate of drug-likeness (QED) is 0.573. The Morgan fingerprint density at radius 1 is 1.25 bits per heavy atom. The fraction of sp³-hybridized carbons (Fsp3) is 0.235. The van der Waals surface area contributed by atoms with Gasteiger partial charge in [0.25, 0.3) is 11.6 Å². The maximum absolute atomic E-state index is 12.5. The number of nitro benzene ring substituents is 1. The number of anilines is 1. The molecule has 0 aliphatic heterocycles. The number of non-ortho nitro benzene ring substituents is 1. The zero-order valence-corrected chi connectivity index (χ0v) is 14.9. The molecule has 0 aliphatic carbocycles. The molecule has 0 aliphatic rings. The molecule has 2 aromatic rings. The molecular formula is C17H17BrN2O4. The Labute approximate surface area is 148 Å². The third-order valence-corrected chi connectivity index (χ3v) is 3.59. The summed E-state index contributed by atoms with van der Waals surface area (Å²) < 4.78 is 6.45. The van der Waals surface area contributed by atoms with E-state index in [-0.39, 0.29) is 11.6 Å². The lowest BCUT2D eigenvalue weighted by Gasteiger charge is -2.13. The van der Waals surface area contributed by atoms with E-state index in [1.54, 1.807) is 18.2 Å². The molecular weight excluding hydrogens is 376 g/mol. The molecule has 1 N–H and O–H groups in total. The van der Waals surface area contributed by atoms with Gasteiger partial charge in [-0.1, -0.05) is 29.8 Å². The molecule has 7 heteroatoms. The van der Waals surface area contributed by atoms with Crippen LogP contribution in [0.3, 0.4) is 0 Å². The number of nitro groups is 1. The molecule has 0 saturated carbocycles. The minimum absolute atomic E-state index is 0.0311. The highest BCUT2D eigenvalue weighted by Gasteiger charge is 2.15. The summed E-state index contributed by atoms with van der Waals surface area (Å²) >= 11 is 3.35. The van der Waals surface area contributed by atoms with Gasteiger partial charge in [-0.2, -0.15) is 0 Å². The number of carbonyl (C=O) groups excluding carboxylic acids is 1. The first-order chi connectivity index (χ1) is 11.4. The lowest BCUT2D eigenvalue weighted by atomic mass is 10.1. The average molecular weight is 393 g/mol. The molecule has 126 valence electrons. The first kappa shape index (κ1) is 17.9. The van der Waals surface area contributed by atoms with Crippen molar-refractivity contribution in [2.75, 3.05) is 11.9 Å². The van der Waals surface area contributed by atoms with Gasteiger partial charge in [-0.15, -0.1) is 0 Å². The number of rotatable bonds is 6. The van der Waals surface area contributed by atoms with E-state index < -0.39 is 4.92 Å². The lowest BCUT2D eigenvalue weighted by Crippen LogP contribution is -2.15. The number of hydrogen-bond donors (Lipinski definition) is 1. The van der Waals surface area contributed by atoms with Crippen LogP contribution in [0, 0.1) is 16.0 Å². The lowest BCUT2D eigenvalue weighted by molar-refractivity contribution is -0.384. The molecule has 2 aromatic carbocycles. The molecule has 1 amide bonds. The van der Waals surface area contributed by atoms with Crippen LogP contribution < -0.4 is 10.1 Å². The number of ether oxygens (including phenoxy) is 1. The van der Waals surface area contributed by atoms with Crippen LogP contribution >= 0.6 is 15.9 Å². The van der Waals surface area contributed by atoms with E-state index in [1.165, 1.54) is 24.3 Å². The first-order valence-corrected chi connectivity index (χ1v) is 8.14. The zero-order valence-electron chi connectivity index (χ0n) is 13.3. The van der Waals surface area contributed by atoms with E-state index in [0.29, 0.717) is 29.5 Å². The Bertz CT molecular complexity index is 745. The molecule has 24 heavy (non-hydrogen) atoms. The third-order valence-electron chi connectivity index (χ3n) is 3.09. The van der Waals surface area contributed by atoms with E-state index >= 15 is 0 Å². The molecule has 0 unspecified atom stereocenters. The average Bonchev–Trinajstić information content (AvgIpc) is 2.54. The third kappa shape index (κ3) is 4.79. The number of nitrogens with one attached hydrogen (secondary N) is 1. The zero-order chi connectivity index (χ0) is 17.7. The minimum Gasteiger partial charge on any atom is -0.492 e. The standard InChI is InChI=1S/C17H17BrN2O4/c1-11(2)10-24-16-8-3-12(18)9-15(16)17(21)19-13-4-6-14(7-5-13)20(22)23/h3-9,11H,10H2,1-2H3,(H,19,21). The predicted octanol–water partition coefficient (Wildman–Crippen LogP) is 4.64. The van der Waals surface area contributed by atoms with Crippen LogP contribution in [0.25, 0.3) is 0 Å². The van der Waals surface area contributed by atoms with Crippen molar-refractivity contribution in [2.24, 2.45) is 5.92 Å². The molecule has 2 rings (SSSR count). The van der Waals surface area contributed by atoms with Gasteiger partial charge in [-0.25, -0.2) is 0 Å². The SMILES string of the molecule is CC(C)COc1ccc(Br)cc1C(=O)Nc1ccc([N+](=O)[O-])cc1. The maximum Gasteiger partial charge on any atom is 0.269 e. The number of halogens is 1. The number of amides is 1. The largest absolute Gasteiger partial charge is 0.492 e. The van der Waals surface area contributed by atoms with Gasteiger partial charge >= 0.3 is 0 Å². The fourth-order valence-electron chi connectivity index (χ4n) is 1.93. The van der Waals surface area contributed by atoms with Crippen molar-refractivity contribution >= 4 is 33.2 Å². The summed E-state index contributed by atoms with van der Waals surface area (Å²) in [6.07, 6.45) is 0. The molecule has 0 bridgehead atoms. The Morgan fingerprint density at radius 3 is 2.50 bits per heavy atom. The highest BCUT2D eigenvalue weighted by Crippen LogP contribution is 2.25. The van der Waals surface area contributed by atoms with Crippen LogP contribution in [0.1, 0.15) is 24.2 Å². The second kappa shape index (κ2) is 7.92. The van der Waals surface area contributed by atoms with Crippen LogP contribution in [-0.2, 0) is 0 Å². The van der Waals surface area contributed by atoms with Crippen molar-refractivity contribution < 1.29 is 14.5 Å². The van der Waals surface area contributed by atoms with Gasteiger partial charge < -0.3 is 10.1 Å². The van der Waals surface area contributed by atoms with Gasteiger partial charge in [0.1, 0.15) is 5.75 Å². The predicted molar refractivity (Wildman–Crippen MR) is 95.5 cm³/mol. The van der Waals surface area contributed by atoms with Gasteiger partial charge in [0.2, 0.25) is 0 Å². The van der Waals surface area contributed by atoms with Gasteiger partial charge in [0.15, 0.2) is 0 Å². The van der Waals surface area contributed by atoms with E-state index in [4.69, 9.17) is 4.74 Å². The van der Waals surface area contributed by atoms with Crippen molar-refractivity contribution in [2.45, 2.75) is 13.8 Å². The normalized spacial score (nSPS) is 10.5. The summed E-state index contributed by atoms with van der Waals surface area (Å²) in [4.78, 5) is 22.7. The molecule has 0 heterocycles. The van der Waals surface area contributed by atoms with Crippen molar-refractivity contribution in [1.29, 1.82) is 0 Å². The molecule has 0 aromatic heterocycles. The van der Waals surface area contributed by atoms with Crippen LogP contribution in [0.2, 0.25) is 0 Å². The second-order valence-corrected chi connectivity index (χ2v) is 6.52. The summed E-state index contributed by atoms with van der Waals surface area (Å²) in [6, 6.07) is 10.9. The Balaban J connectivity index is 2.19. The van der Waals surface area contributed by atoms with E-state index in [0.717, 1.165) is 4.47 Å². The minimum atomic E-state index is -0.488. The Hall–Kier alpha value is -2.41. The summed E-state index contributed by atoms with van der Waals surface area (Å²) in [5.41, 5.74) is 0.833. The monoisotopic (exact) mass is 392 g/mol. The summed E-state index contributed by atoms with van der Waals surface area (Å²) in [5.74, 6) is 0.481. The summed E-state index contributed by atoms with van der Waals surface area (Å²) in [7, 11) is 0. The van der Waals surface area contributed by atoms with Crippen LogP contribution in [0.5, 0.6) is 5.75 Å². The van der Waals surface area contributed by atoms with Crippen LogP contribution in [-0.4, -0.2) is 17.4 Å². The van der Waals surface area contributed by atoms with Gasteiger partial charge in [0, 0.05) is 22.3 Å². The molecule has 0 fully saturated rings. The first-order valence-electron chi connectivity index (χ1n) is 7.35. The smallest absolute Gasteiger partial charge is 0.269 e. The molecule has 6 nitrogen and oxygen atoms in total. The van der Waals surface area contributed by atoms with Gasteiger partial charge in [0.05, 0.1) is 17.1 Å². The van der Waals surface area contributed by atoms with E-state index in [9.17, 15) is 14.9 Å². The van der Waals surface area contributed by atoms with Crippen molar-refractivity contribution in [1.82, 2.24) is 0 Å². The number of hydrogen-bond acceptors (Lipinski definition) is 4. The van der Waals surface area contributed by atoms with Crippen molar-refractivity contribution in [3.63, 3.8) is 0 Å². The number of benzene rings is 2. The van der Waals surface area contributed by atoms with Crippen molar-refractivity contribution in [3.8, 4) is 5.75 Å². The highest BCUT2D eigenvalue weighted by molar-refractivity contribution is 9.10. The number of carbonyl (C=O) groups is 1. The number of nitrogens with zero attached hydrogens (tertiary/aromatic N) is 1. The van der Waals surface area contributed by atoms with Crippen LogP contribution in [0.4, 0.5) is 11.4 Å². The summed E-state index contributed by atoms with van der Waals surface area (Å²) in [5, 5.41) is 13.4. The van der Waals surface area contributed by atoms with E-state index in [1.807, 2.05) is 13.8 Å². The molecule has 0 spiro atoms. The summed E-state index contributed by atoms with van der Waals surface area (Å²) in [6.45, 7) is 4.55. The Kier molecular flexibility index (Phi) is 5.92. The van der Waals surface area contributed by atoms with Gasteiger partial charge in [-0.3, -0.25) is 14.9 Å². The fourth-order valence-corrected chi connectivity index (χ4v) is 2.29. The molecule has 0 saturated heterocycles.